The number of carbonyl (C=O) groups excluding carboxylic acids is 1. The molecule has 0 bridgehead atoms. The maximum Gasteiger partial charge on any atom is 0.253 e. The average molecular weight is 433 g/mol. The quantitative estimate of drug-likeness (QED) is 0.669. The lowest BCUT2D eigenvalue weighted by molar-refractivity contribution is 0.0724. The van der Waals surface area contributed by atoms with Crippen molar-refractivity contribution in [2.45, 2.75) is 56.4 Å². The van der Waals surface area contributed by atoms with Gasteiger partial charge >= 0.3 is 0 Å². The van der Waals surface area contributed by atoms with Crippen LogP contribution >= 0.6 is 0 Å². The number of piperidine rings is 1. The fraction of sp³-hybridized carbons (Fsp3) is 0.481. The van der Waals surface area contributed by atoms with E-state index < -0.39 is 0 Å². The zero-order chi connectivity index (χ0) is 22.1. The van der Waals surface area contributed by atoms with Crippen LogP contribution in [0.4, 0.5) is 0 Å². The largest absolute Gasteiger partial charge is 0.493 e. The molecule has 0 radical (unpaired) electrons. The maximum atomic E-state index is 13.1. The predicted molar refractivity (Wildman–Crippen MR) is 126 cm³/mol. The molecule has 0 aromatic heterocycles. The number of ether oxygens (including phenoxy) is 2. The van der Waals surface area contributed by atoms with Crippen LogP contribution in [0, 0.1) is 0 Å². The molecular weight excluding hydrogens is 400 g/mol. The van der Waals surface area contributed by atoms with E-state index in [0.29, 0.717) is 5.92 Å². The third-order valence-corrected chi connectivity index (χ3v) is 7.42. The highest BCUT2D eigenvalue weighted by atomic mass is 16.5. The van der Waals surface area contributed by atoms with Gasteiger partial charge in [0, 0.05) is 30.8 Å². The number of rotatable bonds is 4. The molecule has 168 valence electrons. The summed E-state index contributed by atoms with van der Waals surface area (Å²) < 4.78 is 11.1. The number of likely N-dealkylation sites (tertiary alicyclic amines) is 1. The number of amides is 1. The molecule has 2 aromatic carbocycles. The number of aliphatic imine (C=N–C) groups is 1. The molecule has 1 saturated carbocycles. The summed E-state index contributed by atoms with van der Waals surface area (Å²) in [5.41, 5.74) is 4.45. The molecule has 32 heavy (non-hydrogen) atoms. The summed E-state index contributed by atoms with van der Waals surface area (Å²) in [6, 6.07) is 12.8. The van der Waals surface area contributed by atoms with Crippen LogP contribution in [-0.2, 0) is 0 Å². The SMILES string of the molecule is COc1cc2c(cc1OC)C1C(CCCC1c1cccc(C(=O)N3CCCCC3)c1)N=C2. The molecule has 3 atom stereocenters. The standard InChI is InChI=1S/C27H32N2O3/c1-31-24-15-20-17-28-23-11-7-10-21(26(23)22(20)16-25(24)32-2)18-8-6-9-19(14-18)27(30)29-12-4-3-5-13-29/h6,8-9,14-17,21,23,26H,3-5,7,10-13H2,1-2H3. The van der Waals surface area contributed by atoms with E-state index in [0.717, 1.165) is 67.8 Å². The van der Waals surface area contributed by atoms with Gasteiger partial charge in [-0.15, -0.1) is 0 Å². The van der Waals surface area contributed by atoms with E-state index in [9.17, 15) is 4.79 Å². The van der Waals surface area contributed by atoms with Crippen molar-refractivity contribution in [3.8, 4) is 11.5 Å². The molecule has 2 aromatic rings. The zero-order valence-electron chi connectivity index (χ0n) is 19.0. The van der Waals surface area contributed by atoms with Crippen LogP contribution in [0.2, 0.25) is 0 Å². The smallest absolute Gasteiger partial charge is 0.253 e. The monoisotopic (exact) mass is 432 g/mol. The number of hydrogen-bond donors (Lipinski definition) is 0. The molecule has 3 aliphatic rings. The Morgan fingerprint density at radius 2 is 1.75 bits per heavy atom. The Labute approximate surface area is 190 Å². The fourth-order valence-electron chi connectivity index (χ4n) is 5.81. The topological polar surface area (TPSA) is 51.1 Å². The highest BCUT2D eigenvalue weighted by Crippen LogP contribution is 2.49. The Hall–Kier alpha value is -2.82. The molecular formula is C27H32N2O3. The van der Waals surface area contributed by atoms with Gasteiger partial charge in [0.2, 0.25) is 0 Å². The van der Waals surface area contributed by atoms with Crippen molar-refractivity contribution in [3.05, 3.63) is 58.7 Å². The third-order valence-electron chi connectivity index (χ3n) is 7.42. The van der Waals surface area contributed by atoms with Gasteiger partial charge in [-0.3, -0.25) is 9.79 Å². The number of nitrogens with zero attached hydrogens (tertiary/aromatic N) is 2. The van der Waals surface area contributed by atoms with Crippen LogP contribution < -0.4 is 9.47 Å². The van der Waals surface area contributed by atoms with Crippen molar-refractivity contribution >= 4 is 12.1 Å². The van der Waals surface area contributed by atoms with Gasteiger partial charge in [0.25, 0.3) is 5.91 Å². The second-order valence-electron chi connectivity index (χ2n) is 9.22. The van der Waals surface area contributed by atoms with E-state index in [1.807, 2.05) is 23.2 Å². The van der Waals surface area contributed by atoms with Gasteiger partial charge in [-0.25, -0.2) is 0 Å². The molecule has 0 N–H and O–H groups in total. The number of benzene rings is 2. The number of methoxy groups -OCH3 is 2. The second-order valence-corrected chi connectivity index (χ2v) is 9.22. The minimum absolute atomic E-state index is 0.174. The second kappa shape index (κ2) is 8.97. The number of hydrogen-bond acceptors (Lipinski definition) is 4. The Morgan fingerprint density at radius 1 is 0.969 bits per heavy atom. The van der Waals surface area contributed by atoms with Crippen molar-refractivity contribution in [3.63, 3.8) is 0 Å². The van der Waals surface area contributed by atoms with E-state index in [4.69, 9.17) is 14.5 Å². The molecule has 1 aliphatic carbocycles. The van der Waals surface area contributed by atoms with Crippen molar-refractivity contribution in [2.24, 2.45) is 4.99 Å². The Morgan fingerprint density at radius 3 is 2.53 bits per heavy atom. The minimum Gasteiger partial charge on any atom is -0.493 e. The van der Waals surface area contributed by atoms with E-state index in [1.54, 1.807) is 14.2 Å². The summed E-state index contributed by atoms with van der Waals surface area (Å²) in [6.07, 6.45) is 8.79. The summed E-state index contributed by atoms with van der Waals surface area (Å²) in [6.45, 7) is 1.75. The third kappa shape index (κ3) is 3.78. The van der Waals surface area contributed by atoms with Crippen molar-refractivity contribution in [1.82, 2.24) is 4.90 Å². The van der Waals surface area contributed by atoms with Crippen LogP contribution in [0.25, 0.3) is 0 Å². The highest BCUT2D eigenvalue weighted by molar-refractivity contribution is 5.94. The molecule has 0 spiro atoms. The summed E-state index contributed by atoms with van der Waals surface area (Å²) in [5.74, 6) is 2.28. The summed E-state index contributed by atoms with van der Waals surface area (Å²) in [7, 11) is 3.36. The normalized spacial score (nSPS) is 24.4. The first-order valence-corrected chi connectivity index (χ1v) is 11.9. The Bertz CT molecular complexity index is 1030. The van der Waals surface area contributed by atoms with Crippen LogP contribution in [0.3, 0.4) is 0 Å². The summed E-state index contributed by atoms with van der Waals surface area (Å²) in [5, 5.41) is 0. The molecule has 2 fully saturated rings. The van der Waals surface area contributed by atoms with Crippen molar-refractivity contribution in [2.75, 3.05) is 27.3 Å². The lowest BCUT2D eigenvalue weighted by Gasteiger charge is -2.40. The maximum absolute atomic E-state index is 13.1. The fourth-order valence-corrected chi connectivity index (χ4v) is 5.81. The molecule has 2 aliphatic heterocycles. The molecule has 3 unspecified atom stereocenters. The van der Waals surface area contributed by atoms with E-state index in [2.05, 4.69) is 24.3 Å². The first-order chi connectivity index (χ1) is 15.7. The first-order valence-electron chi connectivity index (χ1n) is 11.9. The molecule has 1 amide bonds. The van der Waals surface area contributed by atoms with Gasteiger partial charge < -0.3 is 14.4 Å². The molecule has 5 rings (SSSR count). The van der Waals surface area contributed by atoms with Crippen LogP contribution in [-0.4, -0.2) is 50.4 Å². The lowest BCUT2D eigenvalue weighted by atomic mass is 9.67. The summed E-state index contributed by atoms with van der Waals surface area (Å²) in [4.78, 5) is 20.1. The van der Waals surface area contributed by atoms with Gasteiger partial charge in [-0.05, 0) is 79.0 Å². The lowest BCUT2D eigenvalue weighted by Crippen LogP contribution is -2.35. The average Bonchev–Trinajstić information content (AvgIpc) is 2.87. The van der Waals surface area contributed by atoms with E-state index in [-0.39, 0.29) is 17.9 Å². The molecule has 5 heteroatoms. The number of fused-ring (bicyclic) bond motifs is 3. The zero-order valence-corrected chi connectivity index (χ0v) is 19.0. The predicted octanol–water partition coefficient (Wildman–Crippen LogP) is 5.18. The molecule has 1 saturated heterocycles. The van der Waals surface area contributed by atoms with Crippen LogP contribution in [0.5, 0.6) is 11.5 Å². The Balaban J connectivity index is 1.50. The Kier molecular flexibility index (Phi) is 5.90. The summed E-state index contributed by atoms with van der Waals surface area (Å²) >= 11 is 0. The van der Waals surface area contributed by atoms with E-state index >= 15 is 0 Å². The van der Waals surface area contributed by atoms with E-state index in [1.165, 1.54) is 17.5 Å². The van der Waals surface area contributed by atoms with Crippen LogP contribution in [0.15, 0.2) is 41.4 Å². The number of carbonyl (C=O) groups is 1. The van der Waals surface area contributed by atoms with Crippen molar-refractivity contribution < 1.29 is 14.3 Å². The van der Waals surface area contributed by atoms with Gasteiger partial charge in [0.05, 0.1) is 20.3 Å². The first kappa shape index (κ1) is 21.0. The molecule has 2 heterocycles. The highest BCUT2D eigenvalue weighted by Gasteiger charge is 2.38. The minimum atomic E-state index is 0.174. The molecule has 5 nitrogen and oxygen atoms in total. The van der Waals surface area contributed by atoms with Gasteiger partial charge in [-0.1, -0.05) is 18.6 Å². The van der Waals surface area contributed by atoms with Gasteiger partial charge in [0.15, 0.2) is 11.5 Å². The van der Waals surface area contributed by atoms with Gasteiger partial charge in [0.1, 0.15) is 0 Å². The van der Waals surface area contributed by atoms with Crippen molar-refractivity contribution in [1.29, 1.82) is 0 Å². The van der Waals surface area contributed by atoms with Gasteiger partial charge in [-0.2, -0.15) is 0 Å². The van der Waals surface area contributed by atoms with Crippen LogP contribution in [0.1, 0.15) is 77.4 Å².